The number of nitrogens with zero attached hydrogens (tertiary/aromatic N) is 2. The number of aromatic nitrogens is 1. The molecule has 0 saturated carbocycles. The summed E-state index contributed by atoms with van der Waals surface area (Å²) in [7, 11) is 0. The summed E-state index contributed by atoms with van der Waals surface area (Å²) in [4.78, 5) is 2.47. The topological polar surface area (TPSA) is 21.3 Å². The third-order valence-electron chi connectivity index (χ3n) is 10.4. The Morgan fingerprint density at radius 3 is 2.00 bits per heavy atom. The average Bonchev–Trinajstić information content (AvgIpc) is 3.89. The molecule has 11 rings (SSSR count). The average molecular weight is 683 g/mol. The van der Waals surface area contributed by atoms with Gasteiger partial charge in [-0.25, -0.2) is 0 Å². The minimum Gasteiger partial charge on any atom is -0.455 e. The van der Waals surface area contributed by atoms with Crippen molar-refractivity contribution >= 4 is 92.3 Å². The largest absolute Gasteiger partial charge is 0.455 e. The van der Waals surface area contributed by atoms with Gasteiger partial charge < -0.3 is 13.9 Å². The van der Waals surface area contributed by atoms with Crippen LogP contribution >= 0.6 is 11.3 Å². The molecule has 3 aromatic heterocycles. The smallest absolute Gasteiger partial charge is 0.145 e. The minimum absolute atomic E-state index is 0.876. The van der Waals surface area contributed by atoms with E-state index in [4.69, 9.17) is 4.42 Å². The lowest BCUT2D eigenvalue weighted by Crippen LogP contribution is -2.11. The Morgan fingerprint density at radius 2 is 1.13 bits per heavy atom. The molecule has 0 radical (unpaired) electrons. The van der Waals surface area contributed by atoms with Crippen molar-refractivity contribution in [3.05, 3.63) is 182 Å². The highest BCUT2D eigenvalue weighted by atomic mass is 32.1. The monoisotopic (exact) mass is 682 g/mol. The van der Waals surface area contributed by atoms with Crippen molar-refractivity contribution in [1.29, 1.82) is 0 Å². The maximum atomic E-state index is 6.80. The lowest BCUT2D eigenvalue weighted by Gasteiger charge is -2.28. The summed E-state index contributed by atoms with van der Waals surface area (Å²) in [6, 6.07) is 65.4. The Kier molecular flexibility index (Phi) is 6.42. The van der Waals surface area contributed by atoms with Crippen LogP contribution in [-0.2, 0) is 0 Å². The highest BCUT2D eigenvalue weighted by Gasteiger charge is 2.25. The van der Waals surface area contributed by atoms with E-state index in [1.807, 2.05) is 11.3 Å². The van der Waals surface area contributed by atoms with Crippen LogP contribution in [-0.4, -0.2) is 4.57 Å². The van der Waals surface area contributed by atoms with E-state index in [0.717, 1.165) is 61.3 Å². The van der Waals surface area contributed by atoms with E-state index in [0.29, 0.717) is 0 Å². The molecule has 0 unspecified atom stereocenters. The van der Waals surface area contributed by atoms with Gasteiger partial charge in [0.25, 0.3) is 0 Å². The van der Waals surface area contributed by atoms with E-state index in [2.05, 4.69) is 191 Å². The van der Waals surface area contributed by atoms with Crippen molar-refractivity contribution in [3.8, 4) is 16.8 Å². The number of fused-ring (bicyclic) bond motifs is 9. The van der Waals surface area contributed by atoms with Crippen LogP contribution in [0.5, 0.6) is 0 Å². The molecule has 0 aliphatic carbocycles. The molecule has 244 valence electrons. The first-order valence-electron chi connectivity index (χ1n) is 17.6. The number of benzene rings is 8. The van der Waals surface area contributed by atoms with Gasteiger partial charge in [0.05, 0.1) is 27.8 Å². The van der Waals surface area contributed by atoms with Crippen LogP contribution in [0.25, 0.3) is 80.7 Å². The van der Waals surface area contributed by atoms with Gasteiger partial charge in [0.1, 0.15) is 11.2 Å². The standard InChI is InChI=1S/C48H30N2OS/c1-3-14-31(15-4-1)34-28-29-41(47-37-19-8-11-23-43(37)51-48(34)47)50(40-22-13-25-45-46(40)38-20-9-12-24-44(38)52-45)33-26-27-36-35-18-7-10-21-39(35)49(42(36)30-33)32-16-5-2-6-17-32/h1-30H. The van der Waals surface area contributed by atoms with Crippen LogP contribution in [0.3, 0.4) is 0 Å². The summed E-state index contributed by atoms with van der Waals surface area (Å²) in [5, 5.41) is 7.16. The van der Waals surface area contributed by atoms with Gasteiger partial charge in [0, 0.05) is 53.3 Å². The second-order valence-corrected chi connectivity index (χ2v) is 14.4. The second-order valence-electron chi connectivity index (χ2n) is 13.3. The van der Waals surface area contributed by atoms with Gasteiger partial charge in [-0.2, -0.15) is 0 Å². The van der Waals surface area contributed by atoms with Gasteiger partial charge in [-0.15, -0.1) is 11.3 Å². The first-order chi connectivity index (χ1) is 25.8. The molecule has 4 heteroatoms. The van der Waals surface area contributed by atoms with E-state index in [1.54, 1.807) is 0 Å². The predicted molar refractivity (Wildman–Crippen MR) is 221 cm³/mol. The van der Waals surface area contributed by atoms with E-state index < -0.39 is 0 Å². The summed E-state index contributed by atoms with van der Waals surface area (Å²) >= 11 is 1.85. The van der Waals surface area contributed by atoms with Crippen LogP contribution in [0.1, 0.15) is 0 Å². The van der Waals surface area contributed by atoms with Gasteiger partial charge in [-0.05, 0) is 72.3 Å². The summed E-state index contributed by atoms with van der Waals surface area (Å²) in [6.07, 6.45) is 0. The van der Waals surface area contributed by atoms with Gasteiger partial charge in [-0.3, -0.25) is 0 Å². The first kappa shape index (κ1) is 29.1. The number of anilines is 3. The summed E-state index contributed by atoms with van der Waals surface area (Å²) in [6.45, 7) is 0. The fourth-order valence-electron chi connectivity index (χ4n) is 8.15. The molecule has 0 fully saturated rings. The lowest BCUT2D eigenvalue weighted by molar-refractivity contribution is 0.670. The molecule has 0 saturated heterocycles. The van der Waals surface area contributed by atoms with Crippen LogP contribution in [0.4, 0.5) is 17.1 Å². The zero-order valence-corrected chi connectivity index (χ0v) is 28.8. The summed E-state index contributed by atoms with van der Waals surface area (Å²) in [5.41, 5.74) is 10.7. The third-order valence-corrected chi connectivity index (χ3v) is 11.5. The molecule has 11 aromatic rings. The molecule has 0 aliphatic rings. The number of para-hydroxylation sites is 3. The molecule has 0 N–H and O–H groups in total. The van der Waals surface area contributed by atoms with Crippen LogP contribution in [0.2, 0.25) is 0 Å². The van der Waals surface area contributed by atoms with Crippen LogP contribution in [0, 0.1) is 0 Å². The number of rotatable bonds is 5. The van der Waals surface area contributed by atoms with Crippen molar-refractivity contribution in [2.24, 2.45) is 0 Å². The van der Waals surface area contributed by atoms with Gasteiger partial charge in [-0.1, -0.05) is 115 Å². The lowest BCUT2D eigenvalue weighted by atomic mass is 9.99. The quantitative estimate of drug-likeness (QED) is 0.180. The third kappa shape index (κ3) is 4.31. The van der Waals surface area contributed by atoms with Gasteiger partial charge >= 0.3 is 0 Å². The van der Waals surface area contributed by atoms with Crippen molar-refractivity contribution < 1.29 is 4.42 Å². The Bertz CT molecular complexity index is 3130. The molecular formula is C48H30N2OS. The number of furan rings is 1. The molecule has 3 heterocycles. The Morgan fingerprint density at radius 1 is 0.462 bits per heavy atom. The Balaban J connectivity index is 1.28. The Hall–Kier alpha value is -6.62. The number of hydrogen-bond acceptors (Lipinski definition) is 3. The maximum Gasteiger partial charge on any atom is 0.145 e. The molecule has 0 spiro atoms. The SMILES string of the molecule is c1ccc(-c2ccc(N(c3ccc4c5ccccc5n(-c5ccccc5)c4c3)c3cccc4sc5ccccc5c34)c3c2oc2ccccc23)cc1. The van der Waals surface area contributed by atoms with Crippen LogP contribution in [0.15, 0.2) is 186 Å². The molecule has 0 aliphatic heterocycles. The normalized spacial score (nSPS) is 11.8. The van der Waals surface area contributed by atoms with E-state index in [-0.39, 0.29) is 0 Å². The fraction of sp³-hybridized carbons (Fsp3) is 0. The van der Waals surface area contributed by atoms with Crippen molar-refractivity contribution in [1.82, 2.24) is 4.57 Å². The highest BCUT2D eigenvalue weighted by Crippen LogP contribution is 2.50. The number of hydrogen-bond donors (Lipinski definition) is 0. The van der Waals surface area contributed by atoms with Crippen LogP contribution < -0.4 is 4.90 Å². The minimum atomic E-state index is 0.876. The van der Waals surface area contributed by atoms with E-state index >= 15 is 0 Å². The maximum absolute atomic E-state index is 6.80. The van der Waals surface area contributed by atoms with Crippen molar-refractivity contribution in [2.45, 2.75) is 0 Å². The van der Waals surface area contributed by atoms with Gasteiger partial charge in [0.15, 0.2) is 0 Å². The molecule has 52 heavy (non-hydrogen) atoms. The first-order valence-corrected chi connectivity index (χ1v) is 18.4. The molecule has 0 amide bonds. The highest BCUT2D eigenvalue weighted by molar-refractivity contribution is 7.26. The Labute approximate surface area is 303 Å². The molecular weight excluding hydrogens is 653 g/mol. The molecule has 3 nitrogen and oxygen atoms in total. The summed E-state index contributed by atoms with van der Waals surface area (Å²) in [5.74, 6) is 0. The molecule has 8 aromatic carbocycles. The second kappa shape index (κ2) is 11.5. The van der Waals surface area contributed by atoms with Crippen molar-refractivity contribution in [2.75, 3.05) is 4.90 Å². The van der Waals surface area contributed by atoms with Crippen molar-refractivity contribution in [3.63, 3.8) is 0 Å². The zero-order chi connectivity index (χ0) is 34.2. The van der Waals surface area contributed by atoms with E-state index in [9.17, 15) is 0 Å². The van der Waals surface area contributed by atoms with E-state index in [1.165, 1.54) is 36.5 Å². The molecule has 0 atom stereocenters. The molecule has 0 bridgehead atoms. The number of thiophene rings is 1. The predicted octanol–water partition coefficient (Wildman–Crippen LogP) is 14.2. The van der Waals surface area contributed by atoms with Gasteiger partial charge in [0.2, 0.25) is 0 Å². The summed E-state index contributed by atoms with van der Waals surface area (Å²) < 4.78 is 11.7. The fourth-order valence-corrected chi connectivity index (χ4v) is 9.27. The zero-order valence-electron chi connectivity index (χ0n) is 28.0.